The van der Waals surface area contributed by atoms with Gasteiger partial charge < -0.3 is 10.1 Å². The SMILES string of the molecule is COc1cc(C(=O)NCCCCCCBr)ccc1F. The number of benzene rings is 1. The third kappa shape index (κ3) is 5.59. The summed E-state index contributed by atoms with van der Waals surface area (Å²) in [4.78, 5) is 11.8. The molecule has 19 heavy (non-hydrogen) atoms. The van der Waals surface area contributed by atoms with Crippen LogP contribution in [0.1, 0.15) is 36.0 Å². The molecule has 0 fully saturated rings. The second kappa shape index (κ2) is 8.91. The summed E-state index contributed by atoms with van der Waals surface area (Å²) in [5.41, 5.74) is 0.415. The molecule has 1 rings (SSSR count). The van der Waals surface area contributed by atoms with Crippen LogP contribution in [0, 0.1) is 5.82 Å². The highest BCUT2D eigenvalue weighted by Gasteiger charge is 2.09. The predicted octanol–water partition coefficient (Wildman–Crippen LogP) is 3.52. The van der Waals surface area contributed by atoms with Gasteiger partial charge in [0.25, 0.3) is 5.91 Å². The molecule has 0 saturated heterocycles. The Morgan fingerprint density at radius 3 is 2.74 bits per heavy atom. The first kappa shape index (κ1) is 16.0. The molecule has 3 nitrogen and oxygen atoms in total. The highest BCUT2D eigenvalue weighted by molar-refractivity contribution is 9.09. The minimum atomic E-state index is -0.464. The Kier molecular flexibility index (Phi) is 7.48. The number of amides is 1. The van der Waals surface area contributed by atoms with Crippen molar-refractivity contribution in [2.75, 3.05) is 19.0 Å². The van der Waals surface area contributed by atoms with E-state index in [1.165, 1.54) is 25.3 Å². The number of alkyl halides is 1. The summed E-state index contributed by atoms with van der Waals surface area (Å²) < 4.78 is 18.0. The molecule has 1 aromatic rings. The molecule has 0 spiro atoms. The maximum atomic E-state index is 13.2. The van der Waals surface area contributed by atoms with Crippen molar-refractivity contribution in [1.82, 2.24) is 5.32 Å². The molecule has 0 aliphatic heterocycles. The van der Waals surface area contributed by atoms with Crippen molar-refractivity contribution in [2.45, 2.75) is 25.7 Å². The zero-order valence-corrected chi connectivity index (χ0v) is 12.6. The standard InChI is InChI=1S/C14H19BrFNO2/c1-19-13-10-11(6-7-12(13)16)14(18)17-9-5-3-2-4-8-15/h6-7,10H,2-5,8-9H2,1H3,(H,17,18). The molecule has 0 unspecified atom stereocenters. The zero-order valence-electron chi connectivity index (χ0n) is 11.0. The fourth-order valence-corrected chi connectivity index (χ4v) is 2.07. The molecule has 1 amide bonds. The second-order valence-corrected chi connectivity index (χ2v) is 5.00. The molecular weight excluding hydrogens is 313 g/mol. The van der Waals surface area contributed by atoms with E-state index in [0.29, 0.717) is 12.1 Å². The van der Waals surface area contributed by atoms with Crippen molar-refractivity contribution in [3.05, 3.63) is 29.6 Å². The van der Waals surface area contributed by atoms with Crippen LogP contribution >= 0.6 is 15.9 Å². The number of carbonyl (C=O) groups is 1. The van der Waals surface area contributed by atoms with E-state index >= 15 is 0 Å². The number of halogens is 2. The Hall–Kier alpha value is -1.10. The van der Waals surface area contributed by atoms with E-state index in [0.717, 1.165) is 31.0 Å². The second-order valence-electron chi connectivity index (χ2n) is 4.21. The summed E-state index contributed by atoms with van der Waals surface area (Å²) in [6, 6.07) is 4.11. The molecule has 0 heterocycles. The summed E-state index contributed by atoms with van der Waals surface area (Å²) in [5, 5.41) is 3.84. The summed E-state index contributed by atoms with van der Waals surface area (Å²) in [6.07, 6.45) is 4.37. The number of hydrogen-bond donors (Lipinski definition) is 1. The molecule has 5 heteroatoms. The molecule has 1 aromatic carbocycles. The molecule has 0 bridgehead atoms. The van der Waals surface area contributed by atoms with Gasteiger partial charge in [-0.25, -0.2) is 4.39 Å². The fraction of sp³-hybridized carbons (Fsp3) is 0.500. The number of ether oxygens (including phenoxy) is 1. The lowest BCUT2D eigenvalue weighted by molar-refractivity contribution is 0.0952. The average molecular weight is 332 g/mol. The van der Waals surface area contributed by atoms with Crippen LogP contribution in [0.4, 0.5) is 4.39 Å². The quantitative estimate of drug-likeness (QED) is 0.584. The first-order valence-electron chi connectivity index (χ1n) is 6.36. The lowest BCUT2D eigenvalue weighted by Crippen LogP contribution is -2.24. The van der Waals surface area contributed by atoms with Gasteiger partial charge in [-0.2, -0.15) is 0 Å². The smallest absolute Gasteiger partial charge is 0.251 e. The van der Waals surface area contributed by atoms with Gasteiger partial charge in [-0.1, -0.05) is 28.8 Å². The van der Waals surface area contributed by atoms with Gasteiger partial charge in [0.1, 0.15) is 0 Å². The van der Waals surface area contributed by atoms with Crippen molar-refractivity contribution in [3.8, 4) is 5.75 Å². The molecule has 0 aromatic heterocycles. The molecule has 0 radical (unpaired) electrons. The number of rotatable bonds is 8. The largest absolute Gasteiger partial charge is 0.494 e. The van der Waals surface area contributed by atoms with Gasteiger partial charge in [-0.05, 0) is 31.0 Å². The van der Waals surface area contributed by atoms with Gasteiger partial charge in [0, 0.05) is 17.4 Å². The van der Waals surface area contributed by atoms with Gasteiger partial charge in [-0.3, -0.25) is 4.79 Å². The summed E-state index contributed by atoms with van der Waals surface area (Å²) in [6.45, 7) is 0.640. The van der Waals surface area contributed by atoms with E-state index < -0.39 is 5.82 Å². The van der Waals surface area contributed by atoms with Gasteiger partial charge in [0.2, 0.25) is 0 Å². The molecular formula is C14H19BrFNO2. The lowest BCUT2D eigenvalue weighted by atomic mass is 10.2. The Morgan fingerprint density at radius 1 is 1.32 bits per heavy atom. The highest BCUT2D eigenvalue weighted by Crippen LogP contribution is 2.18. The molecule has 0 atom stereocenters. The van der Waals surface area contributed by atoms with Crippen molar-refractivity contribution in [1.29, 1.82) is 0 Å². The number of methoxy groups -OCH3 is 1. The van der Waals surface area contributed by atoms with Gasteiger partial charge in [0.05, 0.1) is 7.11 Å². The number of unbranched alkanes of at least 4 members (excludes halogenated alkanes) is 3. The molecule has 1 N–H and O–H groups in total. The van der Waals surface area contributed by atoms with E-state index in [-0.39, 0.29) is 11.7 Å². The summed E-state index contributed by atoms with van der Waals surface area (Å²) >= 11 is 3.38. The first-order chi connectivity index (χ1) is 9.19. The van der Waals surface area contributed by atoms with Crippen LogP contribution in [-0.2, 0) is 0 Å². The van der Waals surface area contributed by atoms with Gasteiger partial charge in [0.15, 0.2) is 11.6 Å². The Morgan fingerprint density at radius 2 is 2.05 bits per heavy atom. The topological polar surface area (TPSA) is 38.3 Å². The maximum Gasteiger partial charge on any atom is 0.251 e. The third-order valence-electron chi connectivity index (χ3n) is 2.76. The Balaban J connectivity index is 2.37. The minimum Gasteiger partial charge on any atom is -0.494 e. The van der Waals surface area contributed by atoms with Crippen LogP contribution in [0.25, 0.3) is 0 Å². The number of nitrogens with one attached hydrogen (secondary N) is 1. The highest BCUT2D eigenvalue weighted by atomic mass is 79.9. The van der Waals surface area contributed by atoms with Crippen LogP contribution in [0.5, 0.6) is 5.75 Å². The first-order valence-corrected chi connectivity index (χ1v) is 7.49. The molecule has 0 aliphatic rings. The zero-order chi connectivity index (χ0) is 14.1. The van der Waals surface area contributed by atoms with Crippen molar-refractivity contribution < 1.29 is 13.9 Å². The van der Waals surface area contributed by atoms with Crippen LogP contribution in [0.15, 0.2) is 18.2 Å². The van der Waals surface area contributed by atoms with E-state index in [4.69, 9.17) is 4.74 Å². The number of hydrogen-bond acceptors (Lipinski definition) is 2. The minimum absolute atomic E-state index is 0.0879. The fourth-order valence-electron chi connectivity index (χ4n) is 1.68. The van der Waals surface area contributed by atoms with Crippen LogP contribution in [-0.4, -0.2) is 24.9 Å². The van der Waals surface area contributed by atoms with E-state index in [1.54, 1.807) is 0 Å². The van der Waals surface area contributed by atoms with E-state index in [2.05, 4.69) is 21.2 Å². The van der Waals surface area contributed by atoms with Crippen molar-refractivity contribution in [2.24, 2.45) is 0 Å². The predicted molar refractivity (Wildman–Crippen MR) is 77.5 cm³/mol. The third-order valence-corrected chi connectivity index (χ3v) is 3.32. The lowest BCUT2D eigenvalue weighted by Gasteiger charge is -2.07. The van der Waals surface area contributed by atoms with Gasteiger partial charge >= 0.3 is 0 Å². The van der Waals surface area contributed by atoms with Crippen LogP contribution < -0.4 is 10.1 Å². The van der Waals surface area contributed by atoms with E-state index in [9.17, 15) is 9.18 Å². The molecule has 106 valence electrons. The average Bonchev–Trinajstić information content (AvgIpc) is 2.43. The summed E-state index contributed by atoms with van der Waals surface area (Å²) in [5.74, 6) is -0.572. The van der Waals surface area contributed by atoms with Crippen LogP contribution in [0.2, 0.25) is 0 Å². The van der Waals surface area contributed by atoms with Crippen molar-refractivity contribution >= 4 is 21.8 Å². The number of carbonyl (C=O) groups excluding carboxylic acids is 1. The van der Waals surface area contributed by atoms with Crippen LogP contribution in [0.3, 0.4) is 0 Å². The van der Waals surface area contributed by atoms with Crippen molar-refractivity contribution in [3.63, 3.8) is 0 Å². The van der Waals surface area contributed by atoms with Gasteiger partial charge in [-0.15, -0.1) is 0 Å². The summed E-state index contributed by atoms with van der Waals surface area (Å²) in [7, 11) is 1.38. The Bertz CT molecular complexity index is 412. The normalized spacial score (nSPS) is 10.3. The molecule has 0 aliphatic carbocycles. The molecule has 0 saturated carbocycles. The monoisotopic (exact) mass is 331 g/mol. The van der Waals surface area contributed by atoms with E-state index in [1.807, 2.05) is 0 Å². The maximum absolute atomic E-state index is 13.2. The Labute approximate surface area is 121 Å².